The van der Waals surface area contributed by atoms with Gasteiger partial charge >= 0.3 is 5.97 Å². The Labute approximate surface area is 206 Å². The fourth-order valence-corrected chi connectivity index (χ4v) is 4.73. The van der Waals surface area contributed by atoms with Gasteiger partial charge in [0.1, 0.15) is 11.3 Å². The van der Waals surface area contributed by atoms with Gasteiger partial charge in [0.25, 0.3) is 10.0 Å². The summed E-state index contributed by atoms with van der Waals surface area (Å²) >= 11 is 6.13. The van der Waals surface area contributed by atoms with Gasteiger partial charge in [0.15, 0.2) is 12.4 Å². The number of carbonyl (C=O) groups excluding carboxylic acids is 2. The zero-order valence-electron chi connectivity index (χ0n) is 18.7. The molecular formula is C25H20ClNO7S. The fraction of sp³-hybridized carbons (Fsp3) is 0.120. The lowest BCUT2D eigenvalue weighted by atomic mass is 10.2. The van der Waals surface area contributed by atoms with E-state index >= 15 is 0 Å². The van der Waals surface area contributed by atoms with Gasteiger partial charge in [-0.3, -0.25) is 9.10 Å². The van der Waals surface area contributed by atoms with E-state index in [0.29, 0.717) is 17.0 Å². The van der Waals surface area contributed by atoms with Crippen molar-refractivity contribution in [3.8, 4) is 5.75 Å². The van der Waals surface area contributed by atoms with Gasteiger partial charge in [-0.15, -0.1) is 0 Å². The van der Waals surface area contributed by atoms with Crippen LogP contribution in [0.3, 0.4) is 0 Å². The first-order chi connectivity index (χ1) is 16.7. The van der Waals surface area contributed by atoms with Gasteiger partial charge in [-0.05, 0) is 54.6 Å². The Balaban J connectivity index is 1.51. The molecule has 0 unspecified atom stereocenters. The second-order valence-electron chi connectivity index (χ2n) is 7.46. The molecule has 0 aliphatic rings. The largest absolute Gasteiger partial charge is 0.497 e. The summed E-state index contributed by atoms with van der Waals surface area (Å²) in [6.07, 6.45) is 0. The third-order valence-corrected chi connectivity index (χ3v) is 7.40. The molecule has 1 aromatic heterocycles. The number of rotatable bonds is 8. The molecular weight excluding hydrogens is 494 g/mol. The molecule has 4 aromatic rings. The van der Waals surface area contributed by atoms with E-state index in [1.165, 1.54) is 26.3 Å². The van der Waals surface area contributed by atoms with Crippen LogP contribution < -0.4 is 9.04 Å². The predicted octanol–water partition coefficient (Wildman–Crippen LogP) is 4.96. The summed E-state index contributed by atoms with van der Waals surface area (Å²) in [5.41, 5.74) is 0.735. The summed E-state index contributed by atoms with van der Waals surface area (Å²) < 4.78 is 43.0. The summed E-state index contributed by atoms with van der Waals surface area (Å²) in [4.78, 5) is 24.9. The maximum atomic E-state index is 13.1. The third-order valence-electron chi connectivity index (χ3n) is 5.29. The van der Waals surface area contributed by atoms with Crippen molar-refractivity contribution in [3.63, 3.8) is 0 Å². The normalized spacial score (nSPS) is 11.3. The van der Waals surface area contributed by atoms with Crippen LogP contribution in [0.25, 0.3) is 11.0 Å². The summed E-state index contributed by atoms with van der Waals surface area (Å²) in [7, 11) is -1.14. The van der Waals surface area contributed by atoms with Gasteiger partial charge in [0, 0.05) is 12.4 Å². The van der Waals surface area contributed by atoms with Crippen LogP contribution in [0.4, 0.5) is 5.69 Å². The van der Waals surface area contributed by atoms with Crippen molar-refractivity contribution in [1.29, 1.82) is 0 Å². The minimum absolute atomic E-state index is 0.0164. The van der Waals surface area contributed by atoms with E-state index in [0.717, 1.165) is 15.8 Å². The molecule has 0 spiro atoms. The van der Waals surface area contributed by atoms with E-state index in [9.17, 15) is 18.0 Å². The fourth-order valence-electron chi connectivity index (χ4n) is 3.31. The number of halogens is 1. The van der Waals surface area contributed by atoms with E-state index < -0.39 is 28.4 Å². The Morgan fingerprint density at radius 2 is 1.71 bits per heavy atom. The number of methoxy groups -OCH3 is 1. The molecule has 3 aromatic carbocycles. The van der Waals surface area contributed by atoms with Gasteiger partial charge < -0.3 is 13.9 Å². The summed E-state index contributed by atoms with van der Waals surface area (Å²) in [5.74, 6) is -0.867. The van der Waals surface area contributed by atoms with Crippen molar-refractivity contribution in [2.45, 2.75) is 4.90 Å². The second kappa shape index (κ2) is 9.81. The Bertz CT molecular complexity index is 1480. The molecule has 0 N–H and O–H groups in total. The third kappa shape index (κ3) is 5.01. The molecule has 0 aliphatic heterocycles. The number of hydrogen-bond acceptors (Lipinski definition) is 7. The monoisotopic (exact) mass is 513 g/mol. The Morgan fingerprint density at radius 3 is 2.40 bits per heavy atom. The number of fused-ring (bicyclic) bond motifs is 1. The molecule has 4 rings (SSSR count). The molecule has 0 saturated carbocycles. The van der Waals surface area contributed by atoms with Gasteiger partial charge in [-0.2, -0.15) is 0 Å². The first kappa shape index (κ1) is 24.3. The molecule has 0 atom stereocenters. The van der Waals surface area contributed by atoms with Crippen molar-refractivity contribution >= 4 is 50.0 Å². The summed E-state index contributed by atoms with van der Waals surface area (Å²) in [5, 5.41) is 0.723. The number of Topliss-reactive ketones (excluding diaryl/α,β-unsaturated/α-hetero) is 1. The Hall–Kier alpha value is -3.82. The minimum atomic E-state index is -4.03. The minimum Gasteiger partial charge on any atom is -0.497 e. The van der Waals surface area contributed by atoms with Crippen LogP contribution >= 0.6 is 11.6 Å². The standard InChI is InChI=1S/C25H20ClNO7S/c1-27(17-7-9-18(32-2)10-8-17)35(30,31)19-11-12-21(26)20(14-19)25(29)33-15-22(28)24-13-16-5-3-4-6-23(16)34-24/h3-14H,15H2,1-2H3. The quantitative estimate of drug-likeness (QED) is 0.242. The maximum absolute atomic E-state index is 13.1. The van der Waals surface area contributed by atoms with Gasteiger partial charge in [0.2, 0.25) is 5.78 Å². The zero-order valence-corrected chi connectivity index (χ0v) is 20.3. The summed E-state index contributed by atoms with van der Waals surface area (Å²) in [6.45, 7) is -0.599. The molecule has 1 heterocycles. The number of benzene rings is 3. The average molecular weight is 514 g/mol. The SMILES string of the molecule is COc1ccc(N(C)S(=O)(=O)c2ccc(Cl)c(C(=O)OCC(=O)c3cc4ccccc4o3)c2)cc1. The lowest BCUT2D eigenvalue weighted by Crippen LogP contribution is -2.26. The number of furan rings is 1. The van der Waals surface area contributed by atoms with E-state index in [4.69, 9.17) is 25.5 Å². The zero-order chi connectivity index (χ0) is 25.2. The Kier molecular flexibility index (Phi) is 6.81. The van der Waals surface area contributed by atoms with Crippen molar-refractivity contribution in [2.75, 3.05) is 25.1 Å². The van der Waals surface area contributed by atoms with Crippen LogP contribution in [0, 0.1) is 0 Å². The van der Waals surface area contributed by atoms with Gasteiger partial charge in [0.05, 0.1) is 28.3 Å². The molecule has 10 heteroatoms. The first-order valence-corrected chi connectivity index (χ1v) is 12.1. The number of nitrogens with zero attached hydrogens (tertiary/aromatic N) is 1. The topological polar surface area (TPSA) is 103 Å². The highest BCUT2D eigenvalue weighted by Gasteiger charge is 2.25. The first-order valence-electron chi connectivity index (χ1n) is 10.3. The highest BCUT2D eigenvalue weighted by Crippen LogP contribution is 2.27. The number of para-hydroxylation sites is 1. The van der Waals surface area contributed by atoms with Crippen molar-refractivity contribution in [2.24, 2.45) is 0 Å². The number of hydrogen-bond donors (Lipinski definition) is 0. The van der Waals surface area contributed by atoms with Crippen molar-refractivity contribution < 1.29 is 31.9 Å². The number of sulfonamides is 1. The number of ether oxygens (including phenoxy) is 2. The Morgan fingerprint density at radius 1 is 1.00 bits per heavy atom. The lowest BCUT2D eigenvalue weighted by Gasteiger charge is -2.20. The van der Waals surface area contributed by atoms with Crippen molar-refractivity contribution in [1.82, 2.24) is 0 Å². The number of ketones is 1. The molecule has 0 radical (unpaired) electrons. The van der Waals surface area contributed by atoms with E-state index in [1.54, 1.807) is 54.6 Å². The molecule has 0 amide bonds. The van der Waals surface area contributed by atoms with E-state index in [1.807, 2.05) is 0 Å². The van der Waals surface area contributed by atoms with Crippen LogP contribution in [0.5, 0.6) is 5.75 Å². The molecule has 0 saturated heterocycles. The van der Waals surface area contributed by atoms with Crippen molar-refractivity contribution in [3.05, 3.63) is 89.1 Å². The van der Waals surface area contributed by atoms with Crippen LogP contribution in [-0.2, 0) is 14.8 Å². The highest BCUT2D eigenvalue weighted by atomic mass is 35.5. The molecule has 0 aliphatic carbocycles. The molecule has 8 nitrogen and oxygen atoms in total. The van der Waals surface area contributed by atoms with Gasteiger partial charge in [-0.25, -0.2) is 13.2 Å². The van der Waals surface area contributed by atoms with E-state index in [2.05, 4.69) is 0 Å². The smallest absolute Gasteiger partial charge is 0.340 e. The number of carbonyl (C=O) groups is 2. The van der Waals surface area contributed by atoms with Crippen LogP contribution in [0.1, 0.15) is 20.9 Å². The maximum Gasteiger partial charge on any atom is 0.340 e. The molecule has 0 bridgehead atoms. The average Bonchev–Trinajstić information content (AvgIpc) is 3.31. The van der Waals surface area contributed by atoms with Gasteiger partial charge in [-0.1, -0.05) is 29.8 Å². The second-order valence-corrected chi connectivity index (χ2v) is 9.84. The van der Waals surface area contributed by atoms with Crippen LogP contribution in [-0.4, -0.2) is 40.9 Å². The highest BCUT2D eigenvalue weighted by molar-refractivity contribution is 7.92. The molecule has 35 heavy (non-hydrogen) atoms. The molecule has 180 valence electrons. The van der Waals surface area contributed by atoms with E-state index in [-0.39, 0.29) is 21.2 Å². The lowest BCUT2D eigenvalue weighted by molar-refractivity contribution is 0.0468. The van der Waals surface area contributed by atoms with Crippen LogP contribution in [0.2, 0.25) is 5.02 Å². The van der Waals surface area contributed by atoms with Crippen LogP contribution in [0.15, 0.2) is 82.1 Å². The number of anilines is 1. The molecule has 0 fully saturated rings. The number of esters is 1. The predicted molar refractivity (Wildman–Crippen MR) is 131 cm³/mol. The summed E-state index contributed by atoms with van der Waals surface area (Å²) in [6, 6.07) is 18.8.